The van der Waals surface area contributed by atoms with E-state index >= 15 is 0 Å². The molecule has 0 saturated carbocycles. The molecule has 3 rings (SSSR count). The minimum absolute atomic E-state index is 0.0506. The Kier molecular flexibility index (Phi) is 26.3. The van der Waals surface area contributed by atoms with E-state index in [2.05, 4.69) is 0 Å². The summed E-state index contributed by atoms with van der Waals surface area (Å²) >= 11 is 0. The Morgan fingerprint density at radius 3 is 1.81 bits per heavy atom. The first-order valence-corrected chi connectivity index (χ1v) is 23.8. The molecule has 2 bridgehead atoms. The number of cyclic esters (lactones) is 1. The average molecular weight is 966 g/mol. The van der Waals surface area contributed by atoms with Crippen molar-refractivity contribution in [3.05, 3.63) is 85.1 Å². The summed E-state index contributed by atoms with van der Waals surface area (Å²) in [6.07, 6.45) is 2.83. The minimum atomic E-state index is -1.75. The molecular formula is C50H79NO17. The smallest absolute Gasteiger partial charge is 0.314 e. The molecule has 3 aliphatic rings. The number of carbonyl (C=O) groups excluding carboxylic acids is 2. The third-order valence-corrected chi connectivity index (χ3v) is 12.6. The van der Waals surface area contributed by atoms with Gasteiger partial charge in [0.15, 0.2) is 6.29 Å². The Labute approximate surface area is 400 Å². The Balaban J connectivity index is 1.91. The van der Waals surface area contributed by atoms with E-state index in [1.807, 2.05) is 49.5 Å². The van der Waals surface area contributed by atoms with Crippen LogP contribution in [0.15, 0.2) is 85.1 Å². The zero-order chi connectivity index (χ0) is 50.5. The molecule has 0 radical (unpaired) electrons. The molecular weight excluding hydrogens is 887 g/mol. The number of aliphatic hydroxyl groups excluding tert-OH is 10. The number of rotatable bonds is 5. The zero-order valence-corrected chi connectivity index (χ0v) is 39.9. The van der Waals surface area contributed by atoms with Gasteiger partial charge in [-0.1, -0.05) is 106 Å². The lowest BCUT2D eigenvalue weighted by Crippen LogP contribution is -2.61. The van der Waals surface area contributed by atoms with Crippen molar-refractivity contribution in [1.82, 2.24) is 0 Å². The molecule has 386 valence electrons. The SMILES string of the molecule is CCCOC(=O)[C@H]1[C@@H]2C[C@@H](O[C@@H]3O[C@H](C)[C@@H](O)[C@H](N)[C@@H]3O)/C=C/C=C/C=C/C=C/C=C/C=C/C=C\[C@H](C)[C@@H](O)[C@@H](C)[C@H](C)OC(=O)C[C@H](O)C[C@H](O)CC[C@@H](O)[C@H](O)C[C@H](O)[C@@H](O)C(C[C@@H]1O)O2. The van der Waals surface area contributed by atoms with E-state index < -0.39 is 141 Å². The predicted molar refractivity (Wildman–Crippen MR) is 251 cm³/mol. The van der Waals surface area contributed by atoms with Gasteiger partial charge in [0.1, 0.15) is 24.2 Å². The van der Waals surface area contributed by atoms with E-state index in [4.69, 9.17) is 29.4 Å². The summed E-state index contributed by atoms with van der Waals surface area (Å²) in [5.74, 6) is -3.52. The Morgan fingerprint density at radius 2 is 1.21 bits per heavy atom. The summed E-state index contributed by atoms with van der Waals surface area (Å²) in [5.41, 5.74) is 6.08. The van der Waals surface area contributed by atoms with Crippen LogP contribution >= 0.6 is 0 Å². The van der Waals surface area contributed by atoms with Crippen LogP contribution in [0.25, 0.3) is 0 Å². The van der Waals surface area contributed by atoms with E-state index in [1.165, 1.54) is 0 Å². The maximum Gasteiger partial charge on any atom is 0.314 e. The molecule has 1 unspecified atom stereocenters. The first-order valence-electron chi connectivity index (χ1n) is 23.8. The average Bonchev–Trinajstić information content (AvgIpc) is 3.29. The lowest BCUT2D eigenvalue weighted by molar-refractivity contribution is -0.280. The number of aliphatic hydroxyl groups is 10. The van der Waals surface area contributed by atoms with Crippen LogP contribution in [0.4, 0.5) is 0 Å². The van der Waals surface area contributed by atoms with Crippen molar-refractivity contribution in [3.63, 3.8) is 0 Å². The highest BCUT2D eigenvalue weighted by molar-refractivity contribution is 5.74. The Hall–Kier alpha value is -3.44. The Morgan fingerprint density at radius 1 is 0.618 bits per heavy atom. The number of esters is 2. The fourth-order valence-electron chi connectivity index (χ4n) is 8.15. The quantitative estimate of drug-likeness (QED) is 0.173. The molecule has 20 atom stereocenters. The van der Waals surface area contributed by atoms with Gasteiger partial charge >= 0.3 is 11.9 Å². The number of ether oxygens (including phenoxy) is 5. The summed E-state index contributed by atoms with van der Waals surface area (Å²) in [4.78, 5) is 26.1. The molecule has 68 heavy (non-hydrogen) atoms. The fraction of sp³-hybridized carbons (Fsp3) is 0.680. The van der Waals surface area contributed by atoms with Crippen molar-refractivity contribution in [2.75, 3.05) is 6.61 Å². The first-order chi connectivity index (χ1) is 32.2. The highest BCUT2D eigenvalue weighted by Gasteiger charge is 2.48. The maximum absolute atomic E-state index is 13.4. The van der Waals surface area contributed by atoms with Crippen LogP contribution in [0.5, 0.6) is 0 Å². The first kappa shape index (κ1) is 58.9. The molecule has 3 heterocycles. The Bertz CT molecular complexity index is 1700. The van der Waals surface area contributed by atoms with E-state index in [9.17, 15) is 60.7 Å². The second-order valence-corrected chi connectivity index (χ2v) is 18.2. The molecule has 0 aromatic carbocycles. The van der Waals surface area contributed by atoms with E-state index in [-0.39, 0.29) is 44.6 Å². The summed E-state index contributed by atoms with van der Waals surface area (Å²) in [6, 6.07) is -1.12. The minimum Gasteiger partial charge on any atom is -0.465 e. The molecule has 0 spiro atoms. The van der Waals surface area contributed by atoms with Gasteiger partial charge in [0.05, 0.1) is 92.3 Å². The van der Waals surface area contributed by atoms with Crippen LogP contribution < -0.4 is 5.73 Å². The fourth-order valence-corrected chi connectivity index (χ4v) is 8.15. The molecule has 0 aliphatic carbocycles. The van der Waals surface area contributed by atoms with Crippen molar-refractivity contribution in [2.45, 2.75) is 190 Å². The molecule has 0 amide bonds. The van der Waals surface area contributed by atoms with E-state index in [0.29, 0.717) is 6.42 Å². The van der Waals surface area contributed by atoms with Gasteiger partial charge in [0.25, 0.3) is 0 Å². The number of fused-ring (bicyclic) bond motifs is 2. The highest BCUT2D eigenvalue weighted by Crippen LogP contribution is 2.34. The second-order valence-electron chi connectivity index (χ2n) is 18.2. The van der Waals surface area contributed by atoms with Crippen molar-refractivity contribution < 1.29 is 84.3 Å². The summed E-state index contributed by atoms with van der Waals surface area (Å²) in [6.45, 7) is 8.64. The molecule has 3 aliphatic heterocycles. The van der Waals surface area contributed by atoms with Crippen LogP contribution in [0.3, 0.4) is 0 Å². The molecule has 2 fully saturated rings. The van der Waals surface area contributed by atoms with Crippen molar-refractivity contribution in [3.8, 4) is 0 Å². The molecule has 0 aromatic rings. The van der Waals surface area contributed by atoms with Crippen LogP contribution in [-0.2, 0) is 33.3 Å². The summed E-state index contributed by atoms with van der Waals surface area (Å²) in [5, 5.41) is 109. The van der Waals surface area contributed by atoms with Crippen molar-refractivity contribution >= 4 is 11.9 Å². The van der Waals surface area contributed by atoms with Gasteiger partial charge in [-0.3, -0.25) is 9.59 Å². The van der Waals surface area contributed by atoms with Crippen molar-refractivity contribution in [1.29, 1.82) is 0 Å². The molecule has 0 aromatic heterocycles. The number of hydrogen-bond donors (Lipinski definition) is 11. The van der Waals surface area contributed by atoms with Gasteiger partial charge in [-0.05, 0) is 39.5 Å². The molecule has 12 N–H and O–H groups in total. The normalized spacial score (nSPS) is 44.0. The largest absolute Gasteiger partial charge is 0.465 e. The lowest BCUT2D eigenvalue weighted by Gasteiger charge is -2.43. The number of nitrogens with two attached hydrogens (primary N) is 1. The third kappa shape index (κ3) is 19.4. The van der Waals surface area contributed by atoms with Gasteiger partial charge in [0.2, 0.25) is 0 Å². The summed E-state index contributed by atoms with van der Waals surface area (Å²) < 4.78 is 29.1. The summed E-state index contributed by atoms with van der Waals surface area (Å²) in [7, 11) is 0. The van der Waals surface area contributed by atoms with Crippen LogP contribution in [0.2, 0.25) is 0 Å². The second kappa shape index (κ2) is 30.3. The number of hydrogen-bond acceptors (Lipinski definition) is 18. The van der Waals surface area contributed by atoms with E-state index in [1.54, 1.807) is 70.2 Å². The third-order valence-electron chi connectivity index (χ3n) is 12.6. The van der Waals surface area contributed by atoms with Crippen LogP contribution in [0, 0.1) is 17.8 Å². The molecule has 2 saturated heterocycles. The van der Waals surface area contributed by atoms with Gasteiger partial charge in [-0.2, -0.15) is 0 Å². The molecule has 18 heteroatoms. The predicted octanol–water partition coefficient (Wildman–Crippen LogP) is 1.23. The standard InChI is InChI=1S/C50H79NO17/c1-6-23-64-49(63)43-38(56)28-41-47(61)39(57)27-37(55)36(54)22-21-33(52)24-34(53)25-42(58)65-31(4)30(3)45(59)29(2)19-17-15-13-11-9-7-8-10-12-14-16-18-20-35(26-40(43)68-41)67-50-48(62)44(51)46(60)32(5)66-50/h7-20,29-41,43-48,50,52-57,59-62H,6,21-28,51H2,1-5H3/b8-7+,11-9+,12-10+,15-13+,16-14+,19-17-,20-18+/t29-,30-,31-,32+,33+,34+,35-,36+,37+,38-,39-,40-,41?,43+,44-,45+,46+,47+,48-,50-/m0/s1. The lowest BCUT2D eigenvalue weighted by atomic mass is 9.83. The molecule has 18 nitrogen and oxygen atoms in total. The van der Waals surface area contributed by atoms with Gasteiger partial charge in [-0.25, -0.2) is 0 Å². The number of carbonyl (C=O) groups is 2. The van der Waals surface area contributed by atoms with Crippen molar-refractivity contribution in [2.24, 2.45) is 23.5 Å². The topological polar surface area (TPSA) is 309 Å². The van der Waals surface area contributed by atoms with Gasteiger partial charge < -0.3 is 80.5 Å². The highest BCUT2D eigenvalue weighted by atomic mass is 16.7. The monoisotopic (exact) mass is 966 g/mol. The zero-order valence-electron chi connectivity index (χ0n) is 39.9. The van der Waals surface area contributed by atoms with Crippen LogP contribution in [-0.4, -0.2) is 174 Å². The number of allylic oxidation sites excluding steroid dienone is 12. The van der Waals surface area contributed by atoms with Gasteiger partial charge in [0, 0.05) is 31.1 Å². The van der Waals surface area contributed by atoms with E-state index in [0.717, 1.165) is 0 Å². The van der Waals surface area contributed by atoms with Crippen LogP contribution in [0.1, 0.15) is 86.0 Å². The van der Waals surface area contributed by atoms with Gasteiger partial charge in [-0.15, -0.1) is 0 Å². The maximum atomic E-state index is 13.4.